The molecule has 1 unspecified atom stereocenters. The Morgan fingerprint density at radius 1 is 1.15 bits per heavy atom. The number of hydrogen-bond acceptors (Lipinski definition) is 3. The van der Waals surface area contributed by atoms with Gasteiger partial charge in [-0.15, -0.1) is 0 Å². The number of carboxylic acid groups (broad SMARTS) is 1. The summed E-state index contributed by atoms with van der Waals surface area (Å²) in [4.78, 5) is 12.2. The van der Waals surface area contributed by atoms with E-state index >= 15 is 0 Å². The molecule has 20 heavy (non-hydrogen) atoms. The molecule has 1 aliphatic carbocycles. The maximum absolute atomic E-state index is 12.3. The zero-order valence-electron chi connectivity index (χ0n) is 11.2. The number of hydrogen-bond donors (Lipinski definition) is 1. The Morgan fingerprint density at radius 3 is 2.45 bits per heavy atom. The van der Waals surface area contributed by atoms with Crippen LogP contribution in [0.1, 0.15) is 43.6 Å². The Kier molecular flexibility index (Phi) is 3.12. The van der Waals surface area contributed by atoms with Gasteiger partial charge in [0.2, 0.25) is 0 Å². The highest BCUT2D eigenvalue weighted by Gasteiger charge is 2.52. The second-order valence-electron chi connectivity index (χ2n) is 5.89. The van der Waals surface area contributed by atoms with Crippen molar-refractivity contribution in [3.8, 4) is 0 Å². The van der Waals surface area contributed by atoms with E-state index in [1.807, 2.05) is 0 Å². The number of rotatable bonds is 2. The molecule has 1 fully saturated rings. The van der Waals surface area contributed by atoms with Gasteiger partial charge >= 0.3 is 5.97 Å². The minimum atomic E-state index is -3.34. The Balaban J connectivity index is 2.13. The minimum Gasteiger partial charge on any atom is -0.481 e. The van der Waals surface area contributed by atoms with Crippen LogP contribution in [-0.4, -0.2) is 25.2 Å². The predicted octanol–water partition coefficient (Wildman–Crippen LogP) is 2.59. The first-order valence-electron chi connectivity index (χ1n) is 7.02. The van der Waals surface area contributed by atoms with Crippen LogP contribution >= 0.6 is 0 Å². The van der Waals surface area contributed by atoms with Crippen LogP contribution in [0.3, 0.4) is 0 Å². The molecule has 0 radical (unpaired) electrons. The molecule has 0 aromatic heterocycles. The van der Waals surface area contributed by atoms with Gasteiger partial charge in [-0.1, -0.05) is 37.5 Å². The molecule has 4 nitrogen and oxygen atoms in total. The standard InChI is InChI=1S/C15H18O4S/c16-14(17)15(8-4-1-5-9-15)12-10-20(18,19)13-7-3-2-6-11(12)13/h2-3,6-7,12H,1,4-5,8-10H2,(H,16,17). The number of sulfone groups is 1. The molecule has 1 heterocycles. The van der Waals surface area contributed by atoms with Gasteiger partial charge in [0.1, 0.15) is 0 Å². The Morgan fingerprint density at radius 2 is 1.80 bits per heavy atom. The molecular weight excluding hydrogens is 276 g/mol. The van der Waals surface area contributed by atoms with E-state index in [2.05, 4.69) is 0 Å². The fraction of sp³-hybridized carbons (Fsp3) is 0.533. The molecule has 0 bridgehead atoms. The summed E-state index contributed by atoms with van der Waals surface area (Å²) in [6.07, 6.45) is 3.93. The number of aliphatic carboxylic acids is 1. The van der Waals surface area contributed by atoms with Gasteiger partial charge in [-0.25, -0.2) is 8.42 Å². The normalized spacial score (nSPS) is 26.9. The third kappa shape index (κ3) is 1.87. The van der Waals surface area contributed by atoms with E-state index in [0.29, 0.717) is 23.3 Å². The topological polar surface area (TPSA) is 71.4 Å². The first-order chi connectivity index (χ1) is 9.47. The zero-order valence-corrected chi connectivity index (χ0v) is 12.0. The average Bonchev–Trinajstić information content (AvgIpc) is 2.72. The lowest BCUT2D eigenvalue weighted by molar-refractivity contribution is -0.152. The Hall–Kier alpha value is -1.36. The molecule has 1 saturated carbocycles. The van der Waals surface area contributed by atoms with Crippen molar-refractivity contribution < 1.29 is 18.3 Å². The highest BCUT2D eigenvalue weighted by atomic mass is 32.2. The summed E-state index contributed by atoms with van der Waals surface area (Å²) in [7, 11) is -3.34. The summed E-state index contributed by atoms with van der Waals surface area (Å²) in [5, 5.41) is 9.75. The zero-order chi connectivity index (χ0) is 14.4. The summed E-state index contributed by atoms with van der Waals surface area (Å²) in [5.74, 6) is -1.30. The van der Waals surface area contributed by atoms with Gasteiger partial charge in [0, 0.05) is 5.92 Å². The molecule has 1 aliphatic heterocycles. The van der Waals surface area contributed by atoms with E-state index in [1.54, 1.807) is 24.3 Å². The van der Waals surface area contributed by atoms with Gasteiger partial charge in [0.05, 0.1) is 16.1 Å². The molecule has 1 N–H and O–H groups in total. The molecule has 3 rings (SSSR count). The Bertz CT molecular complexity index is 642. The fourth-order valence-corrected chi connectivity index (χ4v) is 5.77. The second-order valence-corrected chi connectivity index (χ2v) is 7.90. The number of carboxylic acids is 1. The van der Waals surface area contributed by atoms with Crippen molar-refractivity contribution in [3.63, 3.8) is 0 Å². The van der Waals surface area contributed by atoms with Crippen LogP contribution in [0.2, 0.25) is 0 Å². The minimum absolute atomic E-state index is 0.0569. The quantitative estimate of drug-likeness (QED) is 0.910. The number of fused-ring (bicyclic) bond motifs is 1. The van der Waals surface area contributed by atoms with Crippen LogP contribution in [0.4, 0.5) is 0 Å². The summed E-state index contributed by atoms with van der Waals surface area (Å²) in [6.45, 7) is 0. The van der Waals surface area contributed by atoms with E-state index in [-0.39, 0.29) is 5.75 Å². The third-order valence-electron chi connectivity index (χ3n) is 4.85. The molecule has 1 aromatic carbocycles. The lowest BCUT2D eigenvalue weighted by Gasteiger charge is -2.38. The maximum Gasteiger partial charge on any atom is 0.310 e. The highest BCUT2D eigenvalue weighted by molar-refractivity contribution is 7.91. The molecule has 0 amide bonds. The summed E-state index contributed by atoms with van der Waals surface area (Å²) in [5.41, 5.74) is -0.199. The average molecular weight is 294 g/mol. The van der Waals surface area contributed by atoms with Gasteiger partial charge in [-0.2, -0.15) is 0 Å². The molecule has 2 aliphatic rings. The monoisotopic (exact) mass is 294 g/mol. The molecule has 108 valence electrons. The van der Waals surface area contributed by atoms with Crippen molar-refractivity contribution in [1.82, 2.24) is 0 Å². The smallest absolute Gasteiger partial charge is 0.310 e. The van der Waals surface area contributed by atoms with Crippen molar-refractivity contribution in [1.29, 1.82) is 0 Å². The van der Waals surface area contributed by atoms with Gasteiger partial charge in [-0.05, 0) is 24.5 Å². The van der Waals surface area contributed by atoms with E-state index < -0.39 is 27.1 Å². The van der Waals surface area contributed by atoms with E-state index in [0.717, 1.165) is 19.3 Å². The lowest BCUT2D eigenvalue weighted by atomic mass is 9.64. The number of carbonyl (C=O) groups is 1. The molecule has 1 atom stereocenters. The van der Waals surface area contributed by atoms with Gasteiger partial charge < -0.3 is 5.11 Å². The molecular formula is C15H18O4S. The second kappa shape index (κ2) is 4.58. The van der Waals surface area contributed by atoms with Crippen LogP contribution in [0.5, 0.6) is 0 Å². The van der Waals surface area contributed by atoms with Crippen molar-refractivity contribution >= 4 is 15.8 Å². The number of benzene rings is 1. The fourth-order valence-electron chi connectivity index (χ4n) is 3.80. The van der Waals surface area contributed by atoms with Crippen LogP contribution < -0.4 is 0 Å². The largest absolute Gasteiger partial charge is 0.481 e. The summed E-state index contributed by atoms with van der Waals surface area (Å²) >= 11 is 0. The summed E-state index contributed by atoms with van der Waals surface area (Å²) in [6, 6.07) is 6.88. The van der Waals surface area contributed by atoms with Crippen LogP contribution in [0.25, 0.3) is 0 Å². The first-order valence-corrected chi connectivity index (χ1v) is 8.68. The van der Waals surface area contributed by atoms with Crippen molar-refractivity contribution in [2.75, 3.05) is 5.75 Å². The third-order valence-corrected chi connectivity index (χ3v) is 6.67. The van der Waals surface area contributed by atoms with E-state index in [1.165, 1.54) is 0 Å². The first kappa shape index (κ1) is 13.6. The van der Waals surface area contributed by atoms with Gasteiger partial charge in [-0.3, -0.25) is 4.79 Å². The lowest BCUT2D eigenvalue weighted by Crippen LogP contribution is -2.40. The highest BCUT2D eigenvalue weighted by Crippen LogP contribution is 2.52. The van der Waals surface area contributed by atoms with E-state index in [4.69, 9.17) is 0 Å². The van der Waals surface area contributed by atoms with Gasteiger partial charge in [0.15, 0.2) is 9.84 Å². The molecule has 1 aromatic rings. The Labute approximate surface area is 118 Å². The SMILES string of the molecule is O=C(O)C1(C2CS(=O)(=O)c3ccccc32)CCCCC1. The van der Waals surface area contributed by atoms with E-state index in [9.17, 15) is 18.3 Å². The maximum atomic E-state index is 12.3. The predicted molar refractivity (Wildman–Crippen MR) is 74.4 cm³/mol. The molecule has 5 heteroatoms. The summed E-state index contributed by atoms with van der Waals surface area (Å²) < 4.78 is 24.6. The molecule has 0 spiro atoms. The van der Waals surface area contributed by atoms with Gasteiger partial charge in [0.25, 0.3) is 0 Å². The van der Waals surface area contributed by atoms with Crippen molar-refractivity contribution in [2.45, 2.75) is 42.9 Å². The van der Waals surface area contributed by atoms with Crippen LogP contribution in [0.15, 0.2) is 29.2 Å². The van der Waals surface area contributed by atoms with Crippen molar-refractivity contribution in [3.05, 3.63) is 29.8 Å². The molecule has 0 saturated heterocycles. The van der Waals surface area contributed by atoms with Crippen molar-refractivity contribution in [2.24, 2.45) is 5.41 Å². The van der Waals surface area contributed by atoms with Crippen LogP contribution in [0, 0.1) is 5.41 Å². The van der Waals surface area contributed by atoms with Crippen LogP contribution in [-0.2, 0) is 14.6 Å².